The first-order chi connectivity index (χ1) is 6.86. The summed E-state index contributed by atoms with van der Waals surface area (Å²) in [5, 5.41) is 16.1. The molecule has 1 fully saturated rings. The van der Waals surface area contributed by atoms with Crippen molar-refractivity contribution in [1.29, 1.82) is 10.7 Å². The Hall–Kier alpha value is -0.430. The number of nitriles is 1. The van der Waals surface area contributed by atoms with Crippen molar-refractivity contribution in [3.63, 3.8) is 0 Å². The van der Waals surface area contributed by atoms with Crippen molar-refractivity contribution in [3.05, 3.63) is 12.2 Å². The maximum atomic E-state index is 8.70. The van der Waals surface area contributed by atoms with Gasteiger partial charge in [0, 0.05) is 5.92 Å². The molecular weight excluding hydrogens is 258 g/mol. The molecule has 15 heavy (non-hydrogen) atoms. The van der Waals surface area contributed by atoms with E-state index in [2.05, 4.69) is 6.58 Å². The molecule has 1 rings (SSSR count). The Bertz CT molecular complexity index is 325. The monoisotopic (exact) mass is 266 g/mol. The van der Waals surface area contributed by atoms with Gasteiger partial charge in [-0.15, -0.1) is 0 Å². The molecule has 82 valence electrons. The Morgan fingerprint density at radius 3 is 2.40 bits per heavy atom. The Balaban J connectivity index is 2.64. The Morgan fingerprint density at radius 2 is 2.07 bits per heavy atom. The molecule has 1 atom stereocenters. The SMILES string of the molecule is C=C(C#N)C(OC(=N)C(Cl)(Cl)Cl)C1CC1. The summed E-state index contributed by atoms with van der Waals surface area (Å²) in [6, 6.07) is 1.90. The summed E-state index contributed by atoms with van der Waals surface area (Å²) >= 11 is 16.4. The number of nitrogens with zero attached hydrogens (tertiary/aromatic N) is 1. The Kier molecular flexibility index (Phi) is 3.88. The van der Waals surface area contributed by atoms with Gasteiger partial charge in [-0.2, -0.15) is 5.26 Å². The lowest BCUT2D eigenvalue weighted by Gasteiger charge is -2.21. The van der Waals surface area contributed by atoms with Crippen LogP contribution in [0.25, 0.3) is 0 Å². The van der Waals surface area contributed by atoms with Crippen LogP contribution in [0.2, 0.25) is 0 Å². The maximum absolute atomic E-state index is 8.70. The largest absolute Gasteiger partial charge is 0.469 e. The normalized spacial score (nSPS) is 17.7. The predicted octanol–water partition coefficient (Wildman–Crippen LogP) is 3.21. The predicted molar refractivity (Wildman–Crippen MR) is 60.4 cm³/mol. The summed E-state index contributed by atoms with van der Waals surface area (Å²) < 4.78 is 3.27. The molecule has 1 N–H and O–H groups in total. The molecule has 0 amide bonds. The molecule has 0 radical (unpaired) electrons. The summed E-state index contributed by atoms with van der Waals surface area (Å²) in [4.78, 5) is 0. The molecule has 0 aromatic heterocycles. The third-order valence-electron chi connectivity index (χ3n) is 2.04. The number of nitrogens with one attached hydrogen (secondary N) is 1. The lowest BCUT2D eigenvalue weighted by molar-refractivity contribution is 0.199. The summed E-state index contributed by atoms with van der Waals surface area (Å²) in [6.07, 6.45) is 1.36. The minimum Gasteiger partial charge on any atom is -0.469 e. The Labute approximate surface area is 103 Å². The van der Waals surface area contributed by atoms with Crippen LogP contribution < -0.4 is 0 Å². The average Bonchev–Trinajstić information content (AvgIpc) is 2.94. The second-order valence-corrected chi connectivity index (χ2v) is 5.62. The van der Waals surface area contributed by atoms with Gasteiger partial charge in [0.15, 0.2) is 0 Å². The number of halogens is 3. The second-order valence-electron chi connectivity index (χ2n) is 3.34. The highest BCUT2D eigenvalue weighted by Gasteiger charge is 2.39. The molecule has 0 aliphatic heterocycles. The van der Waals surface area contributed by atoms with Gasteiger partial charge in [0.1, 0.15) is 6.10 Å². The van der Waals surface area contributed by atoms with Crippen molar-refractivity contribution in [1.82, 2.24) is 0 Å². The number of rotatable bonds is 3. The fraction of sp³-hybridized carbons (Fsp3) is 0.556. The van der Waals surface area contributed by atoms with Crippen LogP contribution >= 0.6 is 34.8 Å². The van der Waals surface area contributed by atoms with Gasteiger partial charge in [0.25, 0.3) is 3.79 Å². The van der Waals surface area contributed by atoms with E-state index in [1.54, 1.807) is 0 Å². The van der Waals surface area contributed by atoms with E-state index in [1.165, 1.54) is 0 Å². The van der Waals surface area contributed by atoms with E-state index in [9.17, 15) is 0 Å². The van der Waals surface area contributed by atoms with E-state index in [-0.39, 0.29) is 11.5 Å². The van der Waals surface area contributed by atoms with E-state index < -0.39 is 15.8 Å². The fourth-order valence-electron chi connectivity index (χ4n) is 1.11. The van der Waals surface area contributed by atoms with Crippen LogP contribution in [-0.2, 0) is 4.74 Å². The van der Waals surface area contributed by atoms with Crippen molar-refractivity contribution in [2.45, 2.75) is 22.7 Å². The first kappa shape index (κ1) is 12.6. The fourth-order valence-corrected chi connectivity index (χ4v) is 1.24. The van der Waals surface area contributed by atoms with Crippen molar-refractivity contribution in [2.24, 2.45) is 5.92 Å². The van der Waals surface area contributed by atoms with Crippen molar-refractivity contribution in [2.75, 3.05) is 0 Å². The van der Waals surface area contributed by atoms with E-state index >= 15 is 0 Å². The highest BCUT2D eigenvalue weighted by Crippen LogP contribution is 2.39. The number of ether oxygens (including phenoxy) is 1. The minimum atomic E-state index is -1.89. The first-order valence-electron chi connectivity index (χ1n) is 4.27. The molecule has 1 unspecified atom stereocenters. The zero-order chi connectivity index (χ0) is 11.6. The molecule has 6 heteroatoms. The highest BCUT2D eigenvalue weighted by molar-refractivity contribution is 6.76. The molecule has 0 aromatic carbocycles. The molecule has 0 heterocycles. The first-order valence-corrected chi connectivity index (χ1v) is 5.41. The van der Waals surface area contributed by atoms with Crippen LogP contribution in [0.4, 0.5) is 0 Å². The molecule has 0 aromatic rings. The molecular formula is C9H9Cl3N2O. The molecule has 1 aliphatic carbocycles. The highest BCUT2D eigenvalue weighted by atomic mass is 35.6. The standard InChI is InChI=1S/C9H9Cl3N2O/c1-5(4-13)7(6-2-3-6)15-8(14)9(10,11)12/h6-7,14H,1-3H2. The third kappa shape index (κ3) is 3.57. The maximum Gasteiger partial charge on any atom is 0.265 e. The quantitative estimate of drug-likeness (QED) is 0.369. The van der Waals surface area contributed by atoms with Crippen LogP contribution in [0.5, 0.6) is 0 Å². The van der Waals surface area contributed by atoms with Crippen molar-refractivity contribution >= 4 is 40.7 Å². The van der Waals surface area contributed by atoms with Crippen LogP contribution in [0.1, 0.15) is 12.8 Å². The lowest BCUT2D eigenvalue weighted by atomic mass is 10.1. The number of hydrogen-bond donors (Lipinski definition) is 1. The number of hydrogen-bond acceptors (Lipinski definition) is 3. The van der Waals surface area contributed by atoms with Gasteiger partial charge in [-0.1, -0.05) is 41.4 Å². The molecule has 1 aliphatic rings. The third-order valence-corrected chi connectivity index (χ3v) is 2.55. The van der Waals surface area contributed by atoms with Gasteiger partial charge in [0.05, 0.1) is 11.6 Å². The van der Waals surface area contributed by atoms with E-state index in [4.69, 9.17) is 50.2 Å². The molecule has 1 saturated carbocycles. The Morgan fingerprint density at radius 1 is 1.53 bits per heavy atom. The van der Waals surface area contributed by atoms with E-state index in [0.717, 1.165) is 12.8 Å². The second kappa shape index (κ2) is 4.61. The number of alkyl halides is 3. The summed E-state index contributed by atoms with van der Waals surface area (Å²) in [6.45, 7) is 3.56. The van der Waals surface area contributed by atoms with Crippen molar-refractivity contribution in [3.8, 4) is 6.07 Å². The summed E-state index contributed by atoms with van der Waals surface area (Å²) in [5.74, 6) is -0.259. The van der Waals surface area contributed by atoms with E-state index in [0.29, 0.717) is 0 Å². The van der Waals surface area contributed by atoms with Gasteiger partial charge in [-0.05, 0) is 12.8 Å². The molecule has 3 nitrogen and oxygen atoms in total. The van der Waals surface area contributed by atoms with Gasteiger partial charge in [0.2, 0.25) is 5.90 Å². The van der Waals surface area contributed by atoms with Crippen molar-refractivity contribution < 1.29 is 4.74 Å². The van der Waals surface area contributed by atoms with Gasteiger partial charge in [-0.3, -0.25) is 5.41 Å². The minimum absolute atomic E-state index is 0.213. The van der Waals surface area contributed by atoms with Crippen LogP contribution in [0, 0.1) is 22.7 Å². The molecule has 0 spiro atoms. The van der Waals surface area contributed by atoms with Gasteiger partial charge >= 0.3 is 0 Å². The zero-order valence-electron chi connectivity index (χ0n) is 7.77. The van der Waals surface area contributed by atoms with Gasteiger partial charge < -0.3 is 4.74 Å². The van der Waals surface area contributed by atoms with E-state index in [1.807, 2.05) is 6.07 Å². The van der Waals surface area contributed by atoms with Crippen LogP contribution in [-0.4, -0.2) is 15.8 Å². The zero-order valence-corrected chi connectivity index (χ0v) is 10.0. The smallest absolute Gasteiger partial charge is 0.265 e. The van der Waals surface area contributed by atoms with Crippen LogP contribution in [0.3, 0.4) is 0 Å². The average molecular weight is 268 g/mol. The molecule has 0 bridgehead atoms. The summed E-state index contributed by atoms with van der Waals surface area (Å²) in [7, 11) is 0. The summed E-state index contributed by atoms with van der Waals surface area (Å²) in [5.41, 5.74) is 0.261. The molecule has 0 saturated heterocycles. The lowest BCUT2D eigenvalue weighted by Crippen LogP contribution is -2.29. The topological polar surface area (TPSA) is 56.9 Å². The van der Waals surface area contributed by atoms with Crippen LogP contribution in [0.15, 0.2) is 12.2 Å². The van der Waals surface area contributed by atoms with Gasteiger partial charge in [-0.25, -0.2) is 0 Å².